The normalized spacial score (nSPS) is 20.4. The predicted octanol–water partition coefficient (Wildman–Crippen LogP) is 6.07. The van der Waals surface area contributed by atoms with Crippen LogP contribution in [-0.4, -0.2) is 25.0 Å². The van der Waals surface area contributed by atoms with E-state index in [4.69, 9.17) is 0 Å². The van der Waals surface area contributed by atoms with E-state index in [1.807, 2.05) is 27.7 Å². The van der Waals surface area contributed by atoms with Crippen LogP contribution in [0.25, 0.3) is 0 Å². The van der Waals surface area contributed by atoms with Crippen LogP contribution >= 0.6 is 0 Å². The van der Waals surface area contributed by atoms with Crippen LogP contribution in [0.4, 0.5) is 0 Å². The molecule has 0 aromatic heterocycles. The third-order valence-electron chi connectivity index (χ3n) is 3.32. The molecule has 0 aromatic carbocycles. The molecule has 0 saturated heterocycles. The van der Waals surface area contributed by atoms with Gasteiger partial charge in [-0.05, 0) is 37.1 Å². The Morgan fingerprint density at radius 3 is 1.86 bits per heavy atom. The highest BCUT2D eigenvalue weighted by Gasteiger charge is 2.10. The van der Waals surface area contributed by atoms with Crippen molar-refractivity contribution in [3.05, 3.63) is 24.6 Å². The first kappa shape index (κ1) is 26.0. The van der Waals surface area contributed by atoms with Crippen LogP contribution in [-0.2, 0) is 0 Å². The Balaban J connectivity index is -0.000000259. The van der Waals surface area contributed by atoms with Crippen molar-refractivity contribution in [2.24, 2.45) is 11.8 Å². The summed E-state index contributed by atoms with van der Waals surface area (Å²) in [4.78, 5) is 2.25. The number of hydrogen-bond acceptors (Lipinski definition) is 2. The van der Waals surface area contributed by atoms with Crippen LogP contribution in [0.15, 0.2) is 24.6 Å². The van der Waals surface area contributed by atoms with Crippen LogP contribution in [0.1, 0.15) is 74.7 Å². The van der Waals surface area contributed by atoms with Gasteiger partial charge in [0.25, 0.3) is 0 Å². The van der Waals surface area contributed by atoms with E-state index in [-0.39, 0.29) is 7.43 Å². The fourth-order valence-corrected chi connectivity index (χ4v) is 2.38. The smallest absolute Gasteiger partial charge is 0.0232 e. The maximum atomic E-state index is 3.18. The Hall–Kier alpha value is -0.920. The standard InChI is InChI=1S/C8H15N.C7H13N.2C2H6.CH4/c1-3-4-8-5-6-9(2)7-8;1-2-3-7-4-5-8-6-7;2*1-2;/h5-6,8H,3-4,7H2,1-2H3;4-5,7-8H,2-3,6H2,1H3;2*1-2H3;1H4. The van der Waals surface area contributed by atoms with Gasteiger partial charge in [-0.2, -0.15) is 0 Å². The average molecular weight is 313 g/mol. The predicted molar refractivity (Wildman–Crippen MR) is 105 cm³/mol. The highest BCUT2D eigenvalue weighted by atomic mass is 15.1. The molecule has 2 rings (SSSR count). The second-order valence-corrected chi connectivity index (χ2v) is 5.15. The largest absolute Gasteiger partial charge is 0.391 e. The van der Waals surface area contributed by atoms with Crippen LogP contribution in [0.3, 0.4) is 0 Å². The molecule has 2 aliphatic rings. The number of hydrogen-bond donors (Lipinski definition) is 1. The second kappa shape index (κ2) is 20.1. The zero-order chi connectivity index (χ0) is 16.5. The second-order valence-electron chi connectivity index (χ2n) is 5.15. The third-order valence-corrected chi connectivity index (χ3v) is 3.32. The van der Waals surface area contributed by atoms with Crippen LogP contribution in [0, 0.1) is 11.8 Å². The van der Waals surface area contributed by atoms with Crippen molar-refractivity contribution in [2.75, 3.05) is 20.1 Å². The quantitative estimate of drug-likeness (QED) is 0.677. The molecule has 2 unspecified atom stereocenters. The fraction of sp³-hybridized carbons (Fsp3) is 0.800. The van der Waals surface area contributed by atoms with Crippen molar-refractivity contribution in [2.45, 2.75) is 74.7 Å². The molecular weight excluding hydrogens is 268 g/mol. The molecule has 2 atom stereocenters. The van der Waals surface area contributed by atoms with Gasteiger partial charge in [-0.1, -0.05) is 74.0 Å². The van der Waals surface area contributed by atoms with Crippen molar-refractivity contribution in [3.63, 3.8) is 0 Å². The lowest BCUT2D eigenvalue weighted by Crippen LogP contribution is -2.12. The number of rotatable bonds is 4. The van der Waals surface area contributed by atoms with Gasteiger partial charge in [0.1, 0.15) is 0 Å². The monoisotopic (exact) mass is 312 g/mol. The zero-order valence-corrected chi connectivity index (χ0v) is 15.7. The van der Waals surface area contributed by atoms with Gasteiger partial charge in [0, 0.05) is 20.1 Å². The van der Waals surface area contributed by atoms with E-state index >= 15 is 0 Å². The number of nitrogens with one attached hydrogen (secondary N) is 1. The summed E-state index contributed by atoms with van der Waals surface area (Å²) in [5, 5.41) is 3.18. The summed E-state index contributed by atoms with van der Waals surface area (Å²) >= 11 is 0. The molecule has 0 spiro atoms. The summed E-state index contributed by atoms with van der Waals surface area (Å²) in [7, 11) is 2.13. The van der Waals surface area contributed by atoms with Gasteiger partial charge in [-0.15, -0.1) is 0 Å². The molecule has 0 amide bonds. The van der Waals surface area contributed by atoms with E-state index in [1.54, 1.807) is 0 Å². The Morgan fingerprint density at radius 2 is 1.50 bits per heavy atom. The van der Waals surface area contributed by atoms with Gasteiger partial charge in [0.15, 0.2) is 0 Å². The highest BCUT2D eigenvalue weighted by molar-refractivity contribution is 4.96. The summed E-state index contributed by atoms with van der Waals surface area (Å²) in [6, 6.07) is 0. The van der Waals surface area contributed by atoms with E-state index in [1.165, 1.54) is 32.2 Å². The maximum Gasteiger partial charge on any atom is 0.0232 e. The molecule has 2 heteroatoms. The SMILES string of the molecule is C.CC.CC.CCCC1C=CN(C)C1.CCCC1C=CNC1. The zero-order valence-electron chi connectivity index (χ0n) is 15.7. The van der Waals surface area contributed by atoms with E-state index in [2.05, 4.69) is 55.7 Å². The van der Waals surface area contributed by atoms with Gasteiger partial charge >= 0.3 is 0 Å². The lowest BCUT2D eigenvalue weighted by Gasteiger charge is -2.10. The summed E-state index contributed by atoms with van der Waals surface area (Å²) in [5.41, 5.74) is 0. The van der Waals surface area contributed by atoms with E-state index in [9.17, 15) is 0 Å². The summed E-state index contributed by atoms with van der Waals surface area (Å²) in [6.07, 6.45) is 14.1. The molecule has 134 valence electrons. The molecule has 2 nitrogen and oxygen atoms in total. The molecule has 0 aromatic rings. The van der Waals surface area contributed by atoms with E-state index < -0.39 is 0 Å². The Bertz CT molecular complexity index is 246. The molecule has 22 heavy (non-hydrogen) atoms. The minimum absolute atomic E-state index is 0. The lowest BCUT2D eigenvalue weighted by molar-refractivity contribution is 0.421. The topological polar surface area (TPSA) is 15.3 Å². The van der Waals surface area contributed by atoms with Gasteiger partial charge in [-0.25, -0.2) is 0 Å². The van der Waals surface area contributed by atoms with Gasteiger partial charge in [0.05, 0.1) is 0 Å². The molecule has 2 heterocycles. The van der Waals surface area contributed by atoms with Crippen molar-refractivity contribution in [3.8, 4) is 0 Å². The van der Waals surface area contributed by atoms with E-state index in [0.29, 0.717) is 0 Å². The molecule has 2 aliphatic heterocycles. The fourth-order valence-electron chi connectivity index (χ4n) is 2.38. The summed E-state index contributed by atoms with van der Waals surface area (Å²) in [6.45, 7) is 14.9. The Labute approximate surface area is 142 Å². The van der Waals surface area contributed by atoms with E-state index in [0.717, 1.165) is 18.4 Å². The van der Waals surface area contributed by atoms with Crippen LogP contribution in [0.5, 0.6) is 0 Å². The minimum atomic E-state index is 0. The Morgan fingerprint density at radius 1 is 0.955 bits per heavy atom. The van der Waals surface area contributed by atoms with Gasteiger partial charge < -0.3 is 10.2 Å². The first-order chi connectivity index (χ1) is 10.3. The summed E-state index contributed by atoms with van der Waals surface area (Å²) < 4.78 is 0. The lowest BCUT2D eigenvalue weighted by atomic mass is 10.1. The van der Waals surface area contributed by atoms with Crippen molar-refractivity contribution < 1.29 is 0 Å². The van der Waals surface area contributed by atoms with Gasteiger partial charge in [0.2, 0.25) is 0 Å². The molecule has 1 N–H and O–H groups in total. The minimum Gasteiger partial charge on any atom is -0.391 e. The molecule has 0 bridgehead atoms. The Kier molecular flexibility index (Phi) is 23.7. The molecular formula is C20H44N2. The first-order valence-corrected chi connectivity index (χ1v) is 9.04. The average Bonchev–Trinajstić information content (AvgIpc) is 3.17. The van der Waals surface area contributed by atoms with Crippen molar-refractivity contribution in [1.29, 1.82) is 0 Å². The van der Waals surface area contributed by atoms with Gasteiger partial charge in [-0.3, -0.25) is 0 Å². The highest BCUT2D eigenvalue weighted by Crippen LogP contribution is 2.15. The molecule has 0 radical (unpaired) electrons. The van der Waals surface area contributed by atoms with Crippen LogP contribution in [0.2, 0.25) is 0 Å². The van der Waals surface area contributed by atoms with Crippen LogP contribution < -0.4 is 5.32 Å². The number of nitrogens with zero attached hydrogens (tertiary/aromatic N) is 1. The maximum absolute atomic E-state index is 3.18. The molecule has 0 aliphatic carbocycles. The summed E-state index contributed by atoms with van der Waals surface area (Å²) in [5.74, 6) is 1.65. The first-order valence-electron chi connectivity index (χ1n) is 9.04. The third kappa shape index (κ3) is 14.0. The van der Waals surface area contributed by atoms with Crippen molar-refractivity contribution >= 4 is 0 Å². The molecule has 0 fully saturated rings. The molecule has 0 saturated carbocycles. The van der Waals surface area contributed by atoms with Crippen molar-refractivity contribution in [1.82, 2.24) is 10.2 Å².